The zero-order valence-electron chi connectivity index (χ0n) is 23.4. The molecule has 1 atom stereocenters. The largest absolute Gasteiger partial charge is 1.00 e. The monoisotopic (exact) mass is 582 g/mol. The number of amides is 1. The van der Waals surface area contributed by atoms with E-state index in [4.69, 9.17) is 9.66 Å². The third-order valence-electron chi connectivity index (χ3n) is 5.10. The quantitative estimate of drug-likeness (QED) is 0.0315. The summed E-state index contributed by atoms with van der Waals surface area (Å²) >= 11 is 0. The average Bonchev–Trinajstić information content (AvgIpc) is 2.79. The average molecular weight is 583 g/mol. The molecule has 0 aromatic heterocycles. The molecule has 0 aliphatic carbocycles. The molecule has 1 unspecified atom stereocenters. The number of carboxylic acid groups (broad SMARTS) is 2. The van der Waals surface area contributed by atoms with Gasteiger partial charge in [0.05, 0.1) is 12.6 Å². The van der Waals surface area contributed by atoms with Gasteiger partial charge in [-0.25, -0.2) is 5.43 Å². The van der Waals surface area contributed by atoms with Crippen LogP contribution >= 0.6 is 0 Å². The molecule has 14 heteroatoms. The summed E-state index contributed by atoms with van der Waals surface area (Å²) in [6.45, 7) is 2.70. The van der Waals surface area contributed by atoms with Gasteiger partial charge in [-0.05, 0) is 32.1 Å². The molecule has 0 aromatic rings. The molecule has 212 valence electrons. The molecule has 0 spiro atoms. The summed E-state index contributed by atoms with van der Waals surface area (Å²) in [5, 5.41) is 25.8. The van der Waals surface area contributed by atoms with Crippen LogP contribution in [0.1, 0.15) is 103 Å². The molecule has 0 saturated heterocycles. The van der Waals surface area contributed by atoms with Crippen molar-refractivity contribution >= 4 is 28.0 Å². The Morgan fingerprint density at radius 1 is 0.842 bits per heavy atom. The van der Waals surface area contributed by atoms with E-state index in [0.717, 1.165) is 12.8 Å². The minimum absolute atomic E-state index is 0. The molecular formula is C24H44N2Na2O9S. The summed E-state index contributed by atoms with van der Waals surface area (Å²) in [6, 6.07) is 0. The first kappa shape index (κ1) is 45.0. The number of hydrogen-bond donors (Lipinski definition) is 4. The smallest absolute Gasteiger partial charge is 0.550 e. The number of hydrogen-bond acceptors (Lipinski definition) is 9. The van der Waals surface area contributed by atoms with Crippen LogP contribution in [-0.2, 0) is 24.5 Å². The molecule has 0 radical (unpaired) electrons. The molecule has 4 N–H and O–H groups in total. The maximum atomic E-state index is 11.4. The van der Waals surface area contributed by atoms with Gasteiger partial charge in [0.2, 0.25) is 5.91 Å². The number of aliphatic hydroxyl groups excluding tert-OH is 1. The standard InChI is InChI=1S/C20H40N2O2.C4H6O7S.2Na/c1-2-3-4-5-6-7-8-9-10-11-12-13-14-15-16-17-20(24)22-21-18-19-23;5-3(6)1-2(4(7)8)12(9,10)11;;/h9-10,21,23H,2-8,11-19H2,1H3,(H,22,24);2H,1H2,(H,5,6)(H,7,8)(H,9,10,11);;/q;;2*+1/p-2/b10-9-;;;. The van der Waals surface area contributed by atoms with Crippen molar-refractivity contribution in [2.24, 2.45) is 0 Å². The molecule has 0 aliphatic rings. The molecule has 0 heterocycles. The van der Waals surface area contributed by atoms with Gasteiger partial charge in [0.1, 0.15) is 5.25 Å². The van der Waals surface area contributed by atoms with E-state index in [1.54, 1.807) is 0 Å². The van der Waals surface area contributed by atoms with Crippen LogP contribution in [0.25, 0.3) is 0 Å². The Balaban J connectivity index is -0.000000351. The fourth-order valence-electron chi connectivity index (χ4n) is 3.10. The minimum atomic E-state index is -4.94. The minimum Gasteiger partial charge on any atom is -0.550 e. The van der Waals surface area contributed by atoms with Gasteiger partial charge < -0.3 is 24.9 Å². The molecule has 0 saturated carbocycles. The number of nitrogens with one attached hydrogen (secondary N) is 2. The number of hydrazine groups is 1. The van der Waals surface area contributed by atoms with Crippen LogP contribution in [-0.4, -0.2) is 54.3 Å². The molecule has 0 fully saturated rings. The molecular weight excluding hydrogens is 538 g/mol. The Morgan fingerprint density at radius 2 is 1.32 bits per heavy atom. The molecule has 0 aliphatic heterocycles. The topological polar surface area (TPSA) is 196 Å². The van der Waals surface area contributed by atoms with E-state index in [2.05, 4.69) is 29.9 Å². The summed E-state index contributed by atoms with van der Waals surface area (Å²) in [4.78, 5) is 31.1. The van der Waals surface area contributed by atoms with E-state index >= 15 is 0 Å². The van der Waals surface area contributed by atoms with Crippen LogP contribution in [0.2, 0.25) is 0 Å². The van der Waals surface area contributed by atoms with Crippen molar-refractivity contribution in [3.8, 4) is 0 Å². The van der Waals surface area contributed by atoms with Crippen molar-refractivity contribution < 1.29 is 102 Å². The van der Waals surface area contributed by atoms with Crippen molar-refractivity contribution in [1.82, 2.24) is 10.9 Å². The van der Waals surface area contributed by atoms with Crippen molar-refractivity contribution in [2.75, 3.05) is 13.2 Å². The van der Waals surface area contributed by atoms with Gasteiger partial charge in [0.25, 0.3) is 10.1 Å². The first-order chi connectivity index (χ1) is 17.1. The van der Waals surface area contributed by atoms with Gasteiger partial charge in [-0.15, -0.1) is 0 Å². The van der Waals surface area contributed by atoms with Crippen molar-refractivity contribution in [3.05, 3.63) is 12.2 Å². The number of carboxylic acids is 2. The number of carbonyl (C=O) groups is 3. The van der Waals surface area contributed by atoms with E-state index in [9.17, 15) is 33.0 Å². The second kappa shape index (κ2) is 31.5. The van der Waals surface area contributed by atoms with E-state index in [-0.39, 0.29) is 71.6 Å². The second-order valence-electron chi connectivity index (χ2n) is 8.43. The van der Waals surface area contributed by atoms with Crippen LogP contribution in [0.5, 0.6) is 0 Å². The Kier molecular flexibility index (Phi) is 37.3. The van der Waals surface area contributed by atoms with E-state index in [0.29, 0.717) is 13.0 Å². The zero-order chi connectivity index (χ0) is 27.7. The summed E-state index contributed by atoms with van der Waals surface area (Å²) in [7, 11) is -4.94. The fourth-order valence-corrected chi connectivity index (χ4v) is 3.69. The number of rotatable bonds is 22. The van der Waals surface area contributed by atoms with Gasteiger partial charge in [-0.3, -0.25) is 14.8 Å². The molecule has 0 bridgehead atoms. The van der Waals surface area contributed by atoms with Crippen LogP contribution in [0, 0.1) is 0 Å². The maximum Gasteiger partial charge on any atom is 1.00 e. The predicted octanol–water partition coefficient (Wildman–Crippen LogP) is -5.22. The van der Waals surface area contributed by atoms with Crippen molar-refractivity contribution in [3.63, 3.8) is 0 Å². The first-order valence-corrected chi connectivity index (χ1v) is 14.2. The van der Waals surface area contributed by atoms with E-state index in [1.807, 2.05) is 0 Å². The van der Waals surface area contributed by atoms with Crippen LogP contribution in [0.4, 0.5) is 0 Å². The number of carbonyl (C=O) groups excluding carboxylic acids is 3. The zero-order valence-corrected chi connectivity index (χ0v) is 28.2. The Bertz CT molecular complexity index is 724. The van der Waals surface area contributed by atoms with Crippen molar-refractivity contribution in [2.45, 2.75) is 108 Å². The third-order valence-corrected chi connectivity index (χ3v) is 6.18. The Morgan fingerprint density at radius 3 is 1.71 bits per heavy atom. The number of unbranched alkanes of at least 4 members (excludes halogenated alkanes) is 11. The Labute approximate surface area is 272 Å². The maximum absolute atomic E-state index is 11.4. The van der Waals surface area contributed by atoms with Gasteiger partial charge in [0, 0.05) is 25.4 Å². The number of aliphatic hydroxyl groups is 1. The summed E-state index contributed by atoms with van der Waals surface area (Å²) in [6.07, 6.45) is 20.4. The van der Waals surface area contributed by atoms with Gasteiger partial charge in [-0.1, -0.05) is 70.4 Å². The van der Waals surface area contributed by atoms with Gasteiger partial charge >= 0.3 is 59.1 Å². The number of allylic oxidation sites excluding steroid dienone is 2. The SMILES string of the molecule is CCCCCCCC/C=C\CCCCCCCC(=O)NNCCO.O=C([O-])CC(C(=O)[O-])S(=O)(=O)O.[Na+].[Na+]. The third kappa shape index (κ3) is 34.0. The van der Waals surface area contributed by atoms with Crippen LogP contribution in [0.15, 0.2) is 12.2 Å². The second-order valence-corrected chi connectivity index (χ2v) is 10.0. The Hall–Kier alpha value is -0.0200. The molecule has 1 amide bonds. The molecule has 38 heavy (non-hydrogen) atoms. The van der Waals surface area contributed by atoms with Crippen molar-refractivity contribution in [1.29, 1.82) is 0 Å². The van der Waals surface area contributed by atoms with E-state index in [1.165, 1.54) is 70.6 Å². The summed E-state index contributed by atoms with van der Waals surface area (Å²) in [5.41, 5.74) is 5.25. The summed E-state index contributed by atoms with van der Waals surface area (Å²) in [5.74, 6) is -4.07. The first-order valence-electron chi connectivity index (χ1n) is 12.7. The predicted molar refractivity (Wildman–Crippen MR) is 133 cm³/mol. The van der Waals surface area contributed by atoms with Gasteiger partial charge in [0.15, 0.2) is 0 Å². The fraction of sp³-hybridized carbons (Fsp3) is 0.792. The summed E-state index contributed by atoms with van der Waals surface area (Å²) < 4.78 is 28.5. The molecule has 0 rings (SSSR count). The van der Waals surface area contributed by atoms with E-state index < -0.39 is 33.7 Å². The molecule has 11 nitrogen and oxygen atoms in total. The number of aliphatic carboxylic acids is 2. The normalized spacial score (nSPS) is 11.4. The van der Waals surface area contributed by atoms with Gasteiger partial charge in [-0.2, -0.15) is 8.42 Å². The van der Waals surface area contributed by atoms with Crippen LogP contribution < -0.4 is 80.2 Å². The van der Waals surface area contributed by atoms with Crippen LogP contribution in [0.3, 0.4) is 0 Å². The molecule has 0 aromatic carbocycles.